The number of nitrogens with two attached hydrogens (primary N) is 1. The summed E-state index contributed by atoms with van der Waals surface area (Å²) < 4.78 is 44.1. The number of likely N-dealkylation sites (N-methyl/N-ethyl adjacent to an activating group) is 1. The number of sulfonamides is 1. The van der Waals surface area contributed by atoms with Crippen molar-refractivity contribution in [3.05, 3.63) is 28.5 Å². The van der Waals surface area contributed by atoms with Gasteiger partial charge < -0.3 is 20.7 Å². The van der Waals surface area contributed by atoms with E-state index in [2.05, 4.69) is 5.32 Å². The van der Waals surface area contributed by atoms with Crippen LogP contribution in [0.5, 0.6) is 0 Å². The largest absolute Gasteiger partial charge is 0.397 e. The number of nitrogens with zero attached hydrogens (tertiary/aromatic N) is 2. The van der Waals surface area contributed by atoms with E-state index in [9.17, 15) is 22.4 Å². The second-order valence-corrected chi connectivity index (χ2v) is 9.32. The number of halogens is 2. The maximum Gasteiger partial charge on any atom is 0.254 e. The highest BCUT2D eigenvalue weighted by Gasteiger charge is 2.27. The van der Waals surface area contributed by atoms with Gasteiger partial charge in [-0.15, -0.1) is 0 Å². The molecule has 0 aliphatic carbocycles. The molecular formula is C17H24ClFN4O5S. The van der Waals surface area contributed by atoms with Gasteiger partial charge in [-0.1, -0.05) is 11.6 Å². The number of hydrogen-bond acceptors (Lipinski definition) is 6. The van der Waals surface area contributed by atoms with Gasteiger partial charge >= 0.3 is 0 Å². The van der Waals surface area contributed by atoms with Crippen molar-refractivity contribution in [3.63, 3.8) is 0 Å². The molecule has 9 nitrogen and oxygen atoms in total. The number of hydrogen-bond donors (Lipinski definition) is 2. The Hall–Kier alpha value is -1.95. The SMILES string of the molecule is CCS(=O)(=O)N(C)CC(=O)N1CCOC(CNC(=O)c2cc(Cl)c(N)cc2F)C1. The number of carbonyl (C=O) groups is 2. The fraction of sp³-hybridized carbons (Fsp3) is 0.529. The Morgan fingerprint density at radius 2 is 2.14 bits per heavy atom. The number of amides is 2. The van der Waals surface area contributed by atoms with Gasteiger partial charge in [0.1, 0.15) is 5.82 Å². The first kappa shape index (κ1) is 23.3. The summed E-state index contributed by atoms with van der Waals surface area (Å²) >= 11 is 5.83. The van der Waals surface area contributed by atoms with Gasteiger partial charge in [-0.3, -0.25) is 9.59 Å². The van der Waals surface area contributed by atoms with Crippen molar-refractivity contribution in [3.8, 4) is 0 Å². The van der Waals surface area contributed by atoms with Gasteiger partial charge in [0.05, 0.1) is 41.3 Å². The Morgan fingerprint density at radius 1 is 1.45 bits per heavy atom. The molecule has 0 saturated carbocycles. The molecular weight excluding hydrogens is 427 g/mol. The van der Waals surface area contributed by atoms with E-state index in [1.807, 2.05) is 0 Å². The lowest BCUT2D eigenvalue weighted by molar-refractivity contribution is -0.138. The molecule has 1 unspecified atom stereocenters. The highest BCUT2D eigenvalue weighted by Crippen LogP contribution is 2.22. The number of anilines is 1. The van der Waals surface area contributed by atoms with E-state index in [0.717, 1.165) is 16.4 Å². The standard InChI is InChI=1S/C17H24ClFN4O5S/c1-3-29(26,27)22(2)10-16(24)23-4-5-28-11(9-23)8-21-17(25)12-6-13(18)15(20)7-14(12)19/h6-7,11H,3-5,8-10,20H2,1-2H3,(H,21,25). The first-order valence-electron chi connectivity index (χ1n) is 8.91. The van der Waals surface area contributed by atoms with Gasteiger partial charge in [0.2, 0.25) is 15.9 Å². The number of rotatable bonds is 7. The van der Waals surface area contributed by atoms with Crippen LogP contribution in [0.3, 0.4) is 0 Å². The molecule has 0 aromatic heterocycles. The quantitative estimate of drug-likeness (QED) is 0.576. The molecule has 1 aromatic carbocycles. The first-order valence-corrected chi connectivity index (χ1v) is 10.9. The van der Waals surface area contributed by atoms with Crippen molar-refractivity contribution in [2.45, 2.75) is 13.0 Å². The Balaban J connectivity index is 1.92. The summed E-state index contributed by atoms with van der Waals surface area (Å²) in [6, 6.07) is 2.11. The zero-order chi connectivity index (χ0) is 21.8. The van der Waals surface area contributed by atoms with E-state index in [4.69, 9.17) is 22.1 Å². The highest BCUT2D eigenvalue weighted by molar-refractivity contribution is 7.89. The molecule has 12 heteroatoms. The average Bonchev–Trinajstić information content (AvgIpc) is 2.68. The van der Waals surface area contributed by atoms with Gasteiger partial charge in [-0.2, -0.15) is 4.31 Å². The first-order chi connectivity index (χ1) is 13.5. The van der Waals surface area contributed by atoms with E-state index in [1.54, 1.807) is 0 Å². The zero-order valence-electron chi connectivity index (χ0n) is 16.2. The Bertz CT molecular complexity index is 883. The number of ether oxygens (including phenoxy) is 1. The number of benzene rings is 1. The predicted octanol–water partition coefficient (Wildman–Crippen LogP) is 0.300. The van der Waals surface area contributed by atoms with Gasteiger partial charge in [-0.25, -0.2) is 12.8 Å². The fourth-order valence-corrected chi connectivity index (χ4v) is 3.63. The van der Waals surface area contributed by atoms with Gasteiger partial charge in [0, 0.05) is 26.7 Å². The molecule has 1 heterocycles. The lowest BCUT2D eigenvalue weighted by atomic mass is 10.1. The third kappa shape index (κ3) is 6.01. The summed E-state index contributed by atoms with van der Waals surface area (Å²) in [6.45, 7) is 1.98. The van der Waals surface area contributed by atoms with Crippen LogP contribution in [0.25, 0.3) is 0 Å². The molecule has 0 radical (unpaired) electrons. The second-order valence-electron chi connectivity index (χ2n) is 6.55. The molecule has 162 valence electrons. The minimum Gasteiger partial charge on any atom is -0.397 e. The van der Waals surface area contributed by atoms with Crippen LogP contribution in [0.4, 0.5) is 10.1 Å². The Labute approximate surface area is 174 Å². The lowest BCUT2D eigenvalue weighted by Crippen LogP contribution is -2.52. The summed E-state index contributed by atoms with van der Waals surface area (Å²) in [5.41, 5.74) is 5.27. The van der Waals surface area contributed by atoms with E-state index in [-0.39, 0.29) is 54.2 Å². The fourth-order valence-electron chi connectivity index (χ4n) is 2.72. The maximum atomic E-state index is 13.9. The highest BCUT2D eigenvalue weighted by atomic mass is 35.5. The van der Waals surface area contributed by atoms with Gasteiger partial charge in [-0.05, 0) is 19.1 Å². The topological polar surface area (TPSA) is 122 Å². The van der Waals surface area contributed by atoms with Crippen LogP contribution >= 0.6 is 11.6 Å². The normalized spacial score (nSPS) is 17.4. The summed E-state index contributed by atoms with van der Waals surface area (Å²) in [5, 5.41) is 2.61. The van der Waals surface area contributed by atoms with E-state index < -0.39 is 27.9 Å². The lowest BCUT2D eigenvalue weighted by Gasteiger charge is -2.33. The number of carbonyl (C=O) groups excluding carboxylic acids is 2. The smallest absolute Gasteiger partial charge is 0.254 e. The maximum absolute atomic E-state index is 13.9. The summed E-state index contributed by atoms with van der Waals surface area (Å²) in [7, 11) is -2.12. The molecule has 1 fully saturated rings. The minimum absolute atomic E-state index is 0.0283. The number of nitrogen functional groups attached to an aromatic ring is 1. The van der Waals surface area contributed by atoms with Gasteiger partial charge in [0.15, 0.2) is 0 Å². The molecule has 2 amide bonds. The molecule has 0 spiro atoms. The molecule has 1 atom stereocenters. The Kier molecular flexibility index (Phi) is 7.80. The summed E-state index contributed by atoms with van der Waals surface area (Å²) in [6.07, 6.45) is -0.517. The van der Waals surface area contributed by atoms with Crippen LogP contribution in [-0.2, 0) is 19.6 Å². The third-order valence-electron chi connectivity index (χ3n) is 4.51. The molecule has 3 N–H and O–H groups in total. The number of morpholine rings is 1. The molecule has 1 aliphatic rings. The van der Waals surface area contributed by atoms with Crippen LogP contribution in [0.1, 0.15) is 17.3 Å². The molecule has 1 aliphatic heterocycles. The van der Waals surface area contributed by atoms with Crippen molar-refractivity contribution in [2.75, 3.05) is 51.3 Å². The third-order valence-corrected chi connectivity index (χ3v) is 6.65. The minimum atomic E-state index is -3.47. The molecule has 2 rings (SSSR count). The predicted molar refractivity (Wildman–Crippen MR) is 107 cm³/mol. The molecule has 1 saturated heterocycles. The summed E-state index contributed by atoms with van der Waals surface area (Å²) in [4.78, 5) is 26.1. The average molecular weight is 451 g/mol. The molecule has 1 aromatic rings. The van der Waals surface area contributed by atoms with Crippen molar-refractivity contribution in [2.24, 2.45) is 0 Å². The summed E-state index contributed by atoms with van der Waals surface area (Å²) in [5.74, 6) is -1.95. The van der Waals surface area contributed by atoms with Crippen LogP contribution in [0.2, 0.25) is 5.02 Å². The Morgan fingerprint density at radius 3 is 2.79 bits per heavy atom. The second kappa shape index (κ2) is 9.70. The van der Waals surface area contributed by atoms with Gasteiger partial charge in [0.25, 0.3) is 5.91 Å². The molecule has 29 heavy (non-hydrogen) atoms. The van der Waals surface area contributed by atoms with Crippen molar-refractivity contribution >= 4 is 39.1 Å². The van der Waals surface area contributed by atoms with Crippen LogP contribution in [0, 0.1) is 5.82 Å². The molecule has 0 bridgehead atoms. The van der Waals surface area contributed by atoms with Crippen LogP contribution in [-0.4, -0.2) is 81.1 Å². The zero-order valence-corrected chi connectivity index (χ0v) is 17.7. The van der Waals surface area contributed by atoms with E-state index in [0.29, 0.717) is 6.54 Å². The van der Waals surface area contributed by atoms with E-state index in [1.165, 1.54) is 18.9 Å². The number of nitrogens with one attached hydrogen (secondary N) is 1. The van der Waals surface area contributed by atoms with E-state index >= 15 is 0 Å². The van der Waals surface area contributed by atoms with Crippen molar-refractivity contribution in [1.29, 1.82) is 0 Å². The monoisotopic (exact) mass is 450 g/mol. The van der Waals surface area contributed by atoms with Crippen molar-refractivity contribution in [1.82, 2.24) is 14.5 Å². The van der Waals surface area contributed by atoms with Crippen LogP contribution in [0.15, 0.2) is 12.1 Å². The van der Waals surface area contributed by atoms with Crippen LogP contribution < -0.4 is 11.1 Å². The van der Waals surface area contributed by atoms with Crippen molar-refractivity contribution < 1.29 is 27.1 Å².